The Hall–Kier alpha value is -2.55. The maximum atomic E-state index is 13.8. The molecule has 8 heteroatoms. The number of hydrogen-bond donors (Lipinski definition) is 3. The van der Waals surface area contributed by atoms with Crippen molar-refractivity contribution in [2.24, 2.45) is 0 Å². The molecule has 2 aliphatic rings. The van der Waals surface area contributed by atoms with E-state index in [1.165, 1.54) is 11.6 Å². The summed E-state index contributed by atoms with van der Waals surface area (Å²) < 4.78 is 32.1. The largest absolute Gasteiger partial charge is 0.497 e. The highest BCUT2D eigenvalue weighted by Crippen LogP contribution is 2.27. The summed E-state index contributed by atoms with van der Waals surface area (Å²) in [5, 5.41) is 2.88. The molecule has 2 fully saturated rings. The van der Waals surface area contributed by atoms with Crippen molar-refractivity contribution in [1.82, 2.24) is 21.1 Å². The van der Waals surface area contributed by atoms with Gasteiger partial charge in [0.25, 0.3) is 5.91 Å². The monoisotopic (exact) mass is 416 g/mol. The Morgan fingerprint density at radius 1 is 1.10 bits per heavy atom. The second-order valence-corrected chi connectivity index (χ2v) is 7.77. The zero-order chi connectivity index (χ0) is 21.1. The van der Waals surface area contributed by atoms with Gasteiger partial charge < -0.3 is 10.1 Å². The van der Waals surface area contributed by atoms with Gasteiger partial charge in [0.05, 0.1) is 18.8 Å². The number of amides is 1. The van der Waals surface area contributed by atoms with Crippen molar-refractivity contribution >= 4 is 5.91 Å². The van der Waals surface area contributed by atoms with E-state index in [-0.39, 0.29) is 23.8 Å². The predicted octanol–water partition coefficient (Wildman–Crippen LogP) is 2.73. The third-order valence-electron chi connectivity index (χ3n) is 5.88. The van der Waals surface area contributed by atoms with Gasteiger partial charge in [-0.1, -0.05) is 12.1 Å². The molecule has 0 spiro atoms. The van der Waals surface area contributed by atoms with Gasteiger partial charge in [-0.05, 0) is 49.1 Å². The normalized spacial score (nSPS) is 22.8. The summed E-state index contributed by atoms with van der Waals surface area (Å²) in [6.07, 6.45) is 2.70. The summed E-state index contributed by atoms with van der Waals surface area (Å²) in [5.41, 5.74) is 7.81. The van der Waals surface area contributed by atoms with Crippen LogP contribution >= 0.6 is 0 Å². The summed E-state index contributed by atoms with van der Waals surface area (Å²) in [6, 6.07) is 11.3. The number of nitrogens with zero attached hydrogens (tertiary/aromatic N) is 1. The first-order valence-electron chi connectivity index (χ1n) is 10.2. The lowest BCUT2D eigenvalue weighted by Gasteiger charge is -2.35. The van der Waals surface area contributed by atoms with E-state index in [1.807, 2.05) is 12.1 Å². The van der Waals surface area contributed by atoms with Crippen molar-refractivity contribution in [1.29, 1.82) is 0 Å². The number of benzene rings is 2. The molecule has 2 unspecified atom stereocenters. The quantitative estimate of drug-likeness (QED) is 0.700. The second kappa shape index (κ2) is 9.07. The number of hydrogen-bond acceptors (Lipinski definition) is 5. The molecule has 0 aromatic heterocycles. The Morgan fingerprint density at radius 2 is 1.83 bits per heavy atom. The lowest BCUT2D eigenvalue weighted by atomic mass is 10.0. The molecule has 30 heavy (non-hydrogen) atoms. The zero-order valence-corrected chi connectivity index (χ0v) is 16.8. The van der Waals surface area contributed by atoms with Crippen LogP contribution in [0.4, 0.5) is 8.78 Å². The minimum atomic E-state index is -0.837. The smallest absolute Gasteiger partial charge is 0.254 e. The van der Waals surface area contributed by atoms with Crippen molar-refractivity contribution in [2.45, 2.75) is 37.5 Å². The number of carbonyl (C=O) groups excluding carboxylic acids is 1. The van der Waals surface area contributed by atoms with Gasteiger partial charge in [0, 0.05) is 31.2 Å². The lowest BCUT2D eigenvalue weighted by molar-refractivity contribution is 0.0876. The third kappa shape index (κ3) is 4.61. The molecule has 1 amide bonds. The van der Waals surface area contributed by atoms with Gasteiger partial charge in [-0.15, -0.1) is 0 Å². The molecule has 3 N–H and O–H groups in total. The fraction of sp³-hybridized carbons (Fsp3) is 0.409. The molecule has 0 radical (unpaired) electrons. The minimum absolute atomic E-state index is 0.0232. The van der Waals surface area contributed by atoms with Gasteiger partial charge in [0.15, 0.2) is 0 Å². The van der Waals surface area contributed by atoms with E-state index >= 15 is 0 Å². The van der Waals surface area contributed by atoms with Gasteiger partial charge in [0.1, 0.15) is 17.4 Å². The average molecular weight is 416 g/mol. The lowest BCUT2D eigenvalue weighted by Crippen LogP contribution is -2.51. The molecular weight excluding hydrogens is 390 g/mol. The highest BCUT2D eigenvalue weighted by molar-refractivity contribution is 5.94. The van der Waals surface area contributed by atoms with E-state index in [0.29, 0.717) is 0 Å². The molecule has 2 atom stereocenters. The molecule has 0 bridgehead atoms. The zero-order valence-electron chi connectivity index (χ0n) is 16.8. The van der Waals surface area contributed by atoms with Crippen LogP contribution in [0.2, 0.25) is 0 Å². The van der Waals surface area contributed by atoms with E-state index in [1.54, 1.807) is 7.11 Å². The Labute approximate surface area is 174 Å². The topological polar surface area (TPSA) is 65.6 Å². The van der Waals surface area contributed by atoms with Gasteiger partial charge in [-0.3, -0.25) is 9.69 Å². The van der Waals surface area contributed by atoms with Gasteiger partial charge >= 0.3 is 0 Å². The van der Waals surface area contributed by atoms with Crippen LogP contribution < -0.4 is 20.9 Å². The van der Waals surface area contributed by atoms with Crippen LogP contribution in [0.15, 0.2) is 42.5 Å². The van der Waals surface area contributed by atoms with Crippen LogP contribution in [0.5, 0.6) is 5.75 Å². The number of likely N-dealkylation sites (tertiary alicyclic amines) is 1. The Morgan fingerprint density at radius 3 is 2.50 bits per heavy atom. The summed E-state index contributed by atoms with van der Waals surface area (Å²) in [5.74, 6) is -1.18. The SMILES string of the molecule is COc1ccc(C2CC(N3CCC(NC(=O)c4ccc(F)cc4F)CC3)NN2)cc1. The Bertz CT molecular complexity index is 885. The van der Waals surface area contributed by atoms with Crippen molar-refractivity contribution in [3.05, 3.63) is 65.2 Å². The fourth-order valence-electron chi connectivity index (χ4n) is 4.13. The van der Waals surface area contributed by atoms with Crippen molar-refractivity contribution in [3.63, 3.8) is 0 Å². The number of piperidine rings is 1. The number of carbonyl (C=O) groups is 1. The number of nitrogens with one attached hydrogen (secondary N) is 3. The number of methoxy groups -OCH3 is 1. The van der Waals surface area contributed by atoms with E-state index in [0.717, 1.165) is 50.2 Å². The van der Waals surface area contributed by atoms with Crippen LogP contribution in [0.1, 0.15) is 41.2 Å². The Balaban J connectivity index is 1.27. The summed E-state index contributed by atoms with van der Waals surface area (Å²) >= 11 is 0. The summed E-state index contributed by atoms with van der Waals surface area (Å²) in [6.45, 7) is 1.65. The maximum absolute atomic E-state index is 13.8. The van der Waals surface area contributed by atoms with E-state index in [2.05, 4.69) is 33.2 Å². The van der Waals surface area contributed by atoms with Gasteiger partial charge in [-0.2, -0.15) is 0 Å². The molecule has 4 rings (SSSR count). The van der Waals surface area contributed by atoms with Gasteiger partial charge in [-0.25, -0.2) is 19.6 Å². The molecule has 160 valence electrons. The predicted molar refractivity (Wildman–Crippen MR) is 109 cm³/mol. The van der Waals surface area contributed by atoms with Crippen molar-refractivity contribution in [2.75, 3.05) is 20.2 Å². The second-order valence-electron chi connectivity index (χ2n) is 7.77. The average Bonchev–Trinajstić information content (AvgIpc) is 3.24. The molecule has 2 heterocycles. The molecule has 2 aliphatic heterocycles. The standard InChI is InChI=1S/C22H26F2N4O2/c1-30-17-5-2-14(3-6-17)20-13-21(27-26-20)28-10-8-16(9-11-28)25-22(29)18-7-4-15(23)12-19(18)24/h2-7,12,16,20-21,26-27H,8-11,13H2,1H3,(H,25,29). The van der Waals surface area contributed by atoms with E-state index in [9.17, 15) is 13.6 Å². The first-order chi connectivity index (χ1) is 14.5. The third-order valence-corrected chi connectivity index (χ3v) is 5.88. The molecule has 2 saturated heterocycles. The van der Waals surface area contributed by atoms with E-state index in [4.69, 9.17) is 4.74 Å². The molecular formula is C22H26F2N4O2. The Kier molecular flexibility index (Phi) is 6.26. The summed E-state index contributed by atoms with van der Waals surface area (Å²) in [4.78, 5) is 14.7. The highest BCUT2D eigenvalue weighted by Gasteiger charge is 2.32. The van der Waals surface area contributed by atoms with Crippen LogP contribution in [0.25, 0.3) is 0 Å². The molecule has 2 aromatic carbocycles. The number of hydrazine groups is 1. The van der Waals surface area contributed by atoms with Crippen molar-refractivity contribution < 1.29 is 18.3 Å². The number of halogens is 2. The molecule has 2 aromatic rings. The molecule has 0 aliphatic carbocycles. The number of ether oxygens (including phenoxy) is 1. The minimum Gasteiger partial charge on any atom is -0.497 e. The van der Waals surface area contributed by atoms with Gasteiger partial charge in [0.2, 0.25) is 0 Å². The number of rotatable bonds is 5. The summed E-state index contributed by atoms with van der Waals surface area (Å²) in [7, 11) is 1.66. The van der Waals surface area contributed by atoms with Crippen molar-refractivity contribution in [3.8, 4) is 5.75 Å². The van der Waals surface area contributed by atoms with Crippen LogP contribution in [-0.2, 0) is 0 Å². The first kappa shape index (κ1) is 20.7. The first-order valence-corrected chi connectivity index (χ1v) is 10.2. The highest BCUT2D eigenvalue weighted by atomic mass is 19.1. The van der Waals surface area contributed by atoms with E-state index < -0.39 is 17.5 Å². The molecule has 6 nitrogen and oxygen atoms in total. The maximum Gasteiger partial charge on any atom is 0.254 e. The van der Waals surface area contributed by atoms with Crippen LogP contribution in [-0.4, -0.2) is 43.2 Å². The molecule has 0 saturated carbocycles. The van der Waals surface area contributed by atoms with Crippen LogP contribution in [0, 0.1) is 11.6 Å². The van der Waals surface area contributed by atoms with Crippen LogP contribution in [0.3, 0.4) is 0 Å². The fourth-order valence-corrected chi connectivity index (χ4v) is 4.13.